The van der Waals surface area contributed by atoms with Crippen LogP contribution in [0.25, 0.3) is 17.3 Å². The van der Waals surface area contributed by atoms with Gasteiger partial charge >= 0.3 is 6.18 Å². The van der Waals surface area contributed by atoms with Crippen molar-refractivity contribution in [2.45, 2.75) is 37.3 Å². The molecule has 0 bridgehead atoms. The average Bonchev–Trinajstić information content (AvgIpc) is 3.33. The first kappa shape index (κ1) is 31.9. The number of aryl methyl sites for hydroxylation is 1. The summed E-state index contributed by atoms with van der Waals surface area (Å²) >= 11 is 0.782. The lowest BCUT2D eigenvalue weighted by molar-refractivity contribution is -0.137. The van der Waals surface area contributed by atoms with Crippen LogP contribution in [0, 0.1) is 18.3 Å². The Bertz CT molecular complexity index is 2090. The molecule has 2 heterocycles. The summed E-state index contributed by atoms with van der Waals surface area (Å²) in [6, 6.07) is 18.6. The molecule has 1 aliphatic rings. The third-order valence-electron chi connectivity index (χ3n) is 7.23. The van der Waals surface area contributed by atoms with Crippen molar-refractivity contribution < 1.29 is 26.4 Å². The van der Waals surface area contributed by atoms with E-state index in [-0.39, 0.29) is 25.5 Å². The van der Waals surface area contributed by atoms with Crippen molar-refractivity contribution in [1.82, 2.24) is 8.87 Å². The third kappa shape index (κ3) is 6.93. The number of rotatable bonds is 6. The Balaban J connectivity index is 1.63. The number of anilines is 1. The molecule has 0 unspecified atom stereocenters. The third-order valence-corrected chi connectivity index (χ3v) is 10.2. The lowest BCUT2D eigenvalue weighted by Gasteiger charge is -2.26. The summed E-state index contributed by atoms with van der Waals surface area (Å²) in [5, 5.41) is 12.6. The van der Waals surface area contributed by atoms with Crippen molar-refractivity contribution in [3.8, 4) is 11.8 Å². The molecule has 1 fully saturated rings. The van der Waals surface area contributed by atoms with Crippen molar-refractivity contribution in [2.24, 2.45) is 0 Å². The van der Waals surface area contributed by atoms with E-state index in [1.807, 2.05) is 19.1 Å². The Morgan fingerprint density at radius 1 is 1.00 bits per heavy atom. The summed E-state index contributed by atoms with van der Waals surface area (Å²) in [6.07, 6.45) is -0.747. The fourth-order valence-electron chi connectivity index (χ4n) is 4.90. The van der Waals surface area contributed by atoms with E-state index in [2.05, 4.69) is 5.32 Å². The fraction of sp³-hybridized carbons (Fsp3) is 0.219. The number of benzene rings is 3. The number of nitrogens with one attached hydrogen (secondary N) is 1. The van der Waals surface area contributed by atoms with Gasteiger partial charge in [0.1, 0.15) is 10.7 Å². The van der Waals surface area contributed by atoms with E-state index < -0.39 is 38.8 Å². The van der Waals surface area contributed by atoms with Gasteiger partial charge in [-0.3, -0.25) is 14.2 Å². The van der Waals surface area contributed by atoms with Crippen LogP contribution in [0.3, 0.4) is 0 Å². The molecule has 1 N–H and O–H groups in total. The zero-order chi connectivity index (χ0) is 32.4. The largest absolute Gasteiger partial charge is 0.416 e. The summed E-state index contributed by atoms with van der Waals surface area (Å²) in [6.45, 7) is 2.66. The number of halogens is 3. The number of sulfonamides is 1. The van der Waals surface area contributed by atoms with Crippen LogP contribution >= 0.6 is 11.3 Å². The zero-order valence-electron chi connectivity index (χ0n) is 24.0. The maximum Gasteiger partial charge on any atom is 0.416 e. The van der Waals surface area contributed by atoms with Crippen LogP contribution in [0.5, 0.6) is 0 Å². The van der Waals surface area contributed by atoms with E-state index in [0.717, 1.165) is 58.9 Å². The molecule has 0 saturated carbocycles. The fourth-order valence-corrected chi connectivity index (χ4v) is 7.56. The normalized spacial score (nSPS) is 15.4. The summed E-state index contributed by atoms with van der Waals surface area (Å²) in [5.41, 5.74) is -0.752. The number of hydrogen-bond acceptors (Lipinski definition) is 6. The van der Waals surface area contributed by atoms with E-state index >= 15 is 0 Å². The minimum absolute atomic E-state index is 0.0345. The second-order valence-electron chi connectivity index (χ2n) is 10.4. The number of alkyl halides is 3. The van der Waals surface area contributed by atoms with Crippen molar-refractivity contribution in [3.63, 3.8) is 0 Å². The molecular formula is C32H27F3N4O4S2. The number of piperidine rings is 1. The molecule has 1 aromatic heterocycles. The second-order valence-corrected chi connectivity index (χ2v) is 13.4. The summed E-state index contributed by atoms with van der Waals surface area (Å²) in [5.74, 6) is -0.964. The topological polar surface area (TPSA) is 112 Å². The van der Waals surface area contributed by atoms with Gasteiger partial charge in [0, 0.05) is 18.8 Å². The molecular weight excluding hydrogens is 626 g/mol. The predicted octanol–water partition coefficient (Wildman–Crippen LogP) is 4.54. The Hall–Kier alpha value is -4.51. The van der Waals surface area contributed by atoms with E-state index in [1.54, 1.807) is 18.2 Å². The lowest BCUT2D eigenvalue weighted by Crippen LogP contribution is -2.35. The minimum atomic E-state index is -4.70. The lowest BCUT2D eigenvalue weighted by atomic mass is 10.1. The molecule has 45 heavy (non-hydrogen) atoms. The van der Waals surface area contributed by atoms with Gasteiger partial charge in [-0.1, -0.05) is 48.4 Å². The molecule has 0 spiro atoms. The number of carbonyl (C=O) groups is 1. The van der Waals surface area contributed by atoms with Gasteiger partial charge in [-0.2, -0.15) is 22.7 Å². The van der Waals surface area contributed by atoms with Gasteiger partial charge in [0.05, 0.1) is 20.7 Å². The summed E-state index contributed by atoms with van der Waals surface area (Å²) in [4.78, 5) is 27.1. The first-order chi connectivity index (χ1) is 21.4. The highest BCUT2D eigenvalue weighted by atomic mass is 32.2. The first-order valence-electron chi connectivity index (χ1n) is 13.9. The van der Waals surface area contributed by atoms with Gasteiger partial charge in [0.2, 0.25) is 10.0 Å². The van der Waals surface area contributed by atoms with Crippen LogP contribution < -0.4 is 20.1 Å². The Labute approximate surface area is 261 Å². The molecule has 1 amide bonds. The number of carbonyl (C=O) groups excluding carboxylic acids is 1. The van der Waals surface area contributed by atoms with Gasteiger partial charge in [0.15, 0.2) is 5.57 Å². The van der Waals surface area contributed by atoms with Crippen LogP contribution in [0.1, 0.15) is 36.0 Å². The van der Waals surface area contributed by atoms with Crippen molar-refractivity contribution >= 4 is 44.6 Å². The van der Waals surface area contributed by atoms with E-state index in [4.69, 9.17) is 0 Å². The molecule has 13 heteroatoms. The smallest absolute Gasteiger partial charge is 0.321 e. The van der Waals surface area contributed by atoms with Crippen LogP contribution in [-0.2, 0) is 21.0 Å². The van der Waals surface area contributed by atoms with Crippen molar-refractivity contribution in [2.75, 3.05) is 18.4 Å². The monoisotopic (exact) mass is 652 g/mol. The maximum absolute atomic E-state index is 13.7. The maximum atomic E-state index is 13.7. The Morgan fingerprint density at radius 3 is 2.36 bits per heavy atom. The van der Waals surface area contributed by atoms with E-state index in [9.17, 15) is 36.4 Å². The molecule has 0 atom stereocenters. The minimum Gasteiger partial charge on any atom is -0.321 e. The quantitative estimate of drug-likeness (QED) is 0.329. The Kier molecular flexibility index (Phi) is 9.11. The average molecular weight is 653 g/mol. The highest BCUT2D eigenvalue weighted by Crippen LogP contribution is 2.30. The zero-order valence-corrected chi connectivity index (χ0v) is 25.6. The number of hydrogen-bond donors (Lipinski definition) is 1. The van der Waals surface area contributed by atoms with Gasteiger partial charge in [-0.15, -0.1) is 11.3 Å². The molecule has 1 saturated heterocycles. The summed E-state index contributed by atoms with van der Waals surface area (Å²) < 4.78 is 69.3. The van der Waals surface area contributed by atoms with E-state index in [0.29, 0.717) is 18.7 Å². The second kappa shape index (κ2) is 12.8. The highest BCUT2D eigenvalue weighted by molar-refractivity contribution is 7.89. The number of nitrogens with zero attached hydrogens (tertiary/aromatic N) is 3. The molecule has 232 valence electrons. The highest BCUT2D eigenvalue weighted by Gasteiger charge is 2.31. The van der Waals surface area contributed by atoms with Crippen LogP contribution in [-0.4, -0.2) is 36.3 Å². The molecule has 8 nitrogen and oxygen atoms in total. The molecule has 5 rings (SSSR count). The molecule has 1 aliphatic heterocycles. The molecule has 4 aromatic rings. The molecule has 3 aromatic carbocycles. The van der Waals surface area contributed by atoms with E-state index in [1.165, 1.54) is 40.7 Å². The van der Waals surface area contributed by atoms with Gasteiger partial charge in [0.25, 0.3) is 11.5 Å². The summed E-state index contributed by atoms with van der Waals surface area (Å²) in [7, 11) is -3.82. The number of aromatic nitrogens is 1. The van der Waals surface area contributed by atoms with Gasteiger partial charge in [-0.25, -0.2) is 8.42 Å². The molecule has 0 aliphatic carbocycles. The van der Waals surface area contributed by atoms with Crippen LogP contribution in [0.2, 0.25) is 0 Å². The van der Waals surface area contributed by atoms with Crippen molar-refractivity contribution in [3.05, 3.63) is 109 Å². The number of thiazole rings is 1. The van der Waals surface area contributed by atoms with Gasteiger partial charge < -0.3 is 5.32 Å². The standard InChI is InChI=1S/C32H27F3N4O4S2/c1-21-11-13-22(14-12-21)17-28-30(41)39(25-9-5-7-23(18-25)32(33,34)35)31(44-28)27(20-36)29(40)37-24-8-6-10-26(19-24)45(42,43)38-15-3-2-4-16-38/h5-14,17-19H,2-4,15-16H2,1H3,(H,37,40). The van der Waals surface area contributed by atoms with Gasteiger partial charge in [-0.05, 0) is 67.8 Å². The van der Waals surface area contributed by atoms with Crippen molar-refractivity contribution in [1.29, 1.82) is 5.26 Å². The van der Waals surface area contributed by atoms with Crippen LogP contribution in [0.15, 0.2) is 82.5 Å². The number of nitriles is 1. The SMILES string of the molecule is Cc1ccc(C=c2sc(=C(C#N)C(=O)Nc3cccc(S(=O)(=O)N4CCCCC4)c3)n(-c3cccc(C(F)(F)F)c3)c2=O)cc1. The Morgan fingerprint density at radius 2 is 1.69 bits per heavy atom. The number of amides is 1. The van der Waals surface area contributed by atoms with Crippen LogP contribution in [0.4, 0.5) is 18.9 Å². The predicted molar refractivity (Wildman–Crippen MR) is 166 cm³/mol. The first-order valence-corrected chi connectivity index (χ1v) is 16.2. The molecule has 0 radical (unpaired) electrons.